The van der Waals surface area contributed by atoms with Gasteiger partial charge in [0.1, 0.15) is 12.2 Å². The molecule has 1 heterocycles. The van der Waals surface area contributed by atoms with Crippen LogP contribution in [0.4, 0.5) is 0 Å². The monoisotopic (exact) mass is 227 g/mol. The molecule has 0 bridgehead atoms. The average molecular weight is 227 g/mol. The minimum atomic E-state index is -0.417. The molecule has 0 aromatic heterocycles. The fourth-order valence-corrected chi connectivity index (χ4v) is 2.35. The zero-order chi connectivity index (χ0) is 11.8. The van der Waals surface area contributed by atoms with Gasteiger partial charge in [-0.05, 0) is 33.6 Å². The minimum Gasteiger partial charge on any atom is -0.458 e. The first-order valence-electron chi connectivity index (χ1n) is 5.93. The summed E-state index contributed by atoms with van der Waals surface area (Å²) in [5.41, 5.74) is 0.0811. The van der Waals surface area contributed by atoms with E-state index in [4.69, 9.17) is 9.47 Å². The minimum absolute atomic E-state index is 0.0887. The van der Waals surface area contributed by atoms with Gasteiger partial charge in [0, 0.05) is 18.5 Å². The van der Waals surface area contributed by atoms with Crippen LogP contribution in [0.25, 0.3) is 0 Å². The van der Waals surface area contributed by atoms with E-state index in [1.54, 1.807) is 0 Å². The van der Waals surface area contributed by atoms with Crippen LogP contribution in [0.1, 0.15) is 33.6 Å². The van der Waals surface area contributed by atoms with Crippen molar-refractivity contribution < 1.29 is 14.3 Å². The van der Waals surface area contributed by atoms with Gasteiger partial charge in [-0.1, -0.05) is 0 Å². The van der Waals surface area contributed by atoms with Gasteiger partial charge in [-0.25, -0.2) is 4.79 Å². The third kappa shape index (κ3) is 2.74. The van der Waals surface area contributed by atoms with Crippen LogP contribution in [0.3, 0.4) is 0 Å². The lowest BCUT2D eigenvalue weighted by Crippen LogP contribution is -2.62. The maximum atomic E-state index is 11.4. The van der Waals surface area contributed by atoms with Gasteiger partial charge in [-0.3, -0.25) is 0 Å². The number of hydrogen-bond donors (Lipinski definition) is 1. The molecule has 16 heavy (non-hydrogen) atoms. The van der Waals surface area contributed by atoms with Crippen LogP contribution >= 0.6 is 0 Å². The van der Waals surface area contributed by atoms with Gasteiger partial charge in [0.05, 0.1) is 6.10 Å². The molecule has 1 saturated heterocycles. The summed E-state index contributed by atoms with van der Waals surface area (Å²) >= 11 is 0. The lowest BCUT2D eigenvalue weighted by molar-refractivity contribution is -0.170. The first-order valence-corrected chi connectivity index (χ1v) is 5.93. The predicted octanol–water partition coefficient (Wildman–Crippen LogP) is 1.10. The van der Waals surface area contributed by atoms with E-state index >= 15 is 0 Å². The van der Waals surface area contributed by atoms with E-state index in [1.807, 2.05) is 20.8 Å². The lowest BCUT2D eigenvalue weighted by atomic mass is 9.63. The van der Waals surface area contributed by atoms with Gasteiger partial charge in [-0.15, -0.1) is 0 Å². The summed E-state index contributed by atoms with van der Waals surface area (Å²) in [6, 6.07) is 0. The Balaban J connectivity index is 1.60. The lowest BCUT2D eigenvalue weighted by Gasteiger charge is -2.53. The van der Waals surface area contributed by atoms with Crippen LogP contribution < -0.4 is 5.32 Å². The van der Waals surface area contributed by atoms with E-state index in [0.29, 0.717) is 5.41 Å². The molecule has 2 aliphatic rings. The van der Waals surface area contributed by atoms with Gasteiger partial charge < -0.3 is 14.8 Å². The number of esters is 1. The molecule has 0 amide bonds. The quantitative estimate of drug-likeness (QED) is 0.733. The topological polar surface area (TPSA) is 47.6 Å². The molecule has 4 nitrogen and oxygen atoms in total. The van der Waals surface area contributed by atoms with Crippen LogP contribution in [-0.2, 0) is 14.3 Å². The van der Waals surface area contributed by atoms with Gasteiger partial charge >= 0.3 is 5.97 Å². The largest absolute Gasteiger partial charge is 0.458 e. The van der Waals surface area contributed by atoms with Crippen LogP contribution in [0.15, 0.2) is 0 Å². The summed E-state index contributed by atoms with van der Waals surface area (Å²) in [4.78, 5) is 11.4. The van der Waals surface area contributed by atoms with Crippen molar-refractivity contribution in [3.8, 4) is 0 Å². The molecule has 0 radical (unpaired) electrons. The fraction of sp³-hybridized carbons (Fsp3) is 0.917. The van der Waals surface area contributed by atoms with E-state index < -0.39 is 5.60 Å². The molecule has 1 aliphatic heterocycles. The van der Waals surface area contributed by atoms with Crippen molar-refractivity contribution >= 4 is 5.97 Å². The van der Waals surface area contributed by atoms with Crippen molar-refractivity contribution in [3.05, 3.63) is 0 Å². The van der Waals surface area contributed by atoms with Crippen LogP contribution in [0.5, 0.6) is 0 Å². The van der Waals surface area contributed by atoms with Crippen LogP contribution in [0.2, 0.25) is 0 Å². The summed E-state index contributed by atoms with van der Waals surface area (Å²) in [6.07, 6.45) is 2.43. The van der Waals surface area contributed by atoms with E-state index in [-0.39, 0.29) is 18.7 Å². The van der Waals surface area contributed by atoms with Crippen molar-refractivity contribution in [1.29, 1.82) is 0 Å². The molecule has 4 heteroatoms. The van der Waals surface area contributed by atoms with Crippen molar-refractivity contribution in [2.75, 3.05) is 19.7 Å². The van der Waals surface area contributed by atoms with Gasteiger partial charge in [0.15, 0.2) is 0 Å². The second-order valence-electron chi connectivity index (χ2n) is 6.03. The maximum Gasteiger partial charge on any atom is 0.332 e. The second kappa shape index (κ2) is 4.00. The summed E-state index contributed by atoms with van der Waals surface area (Å²) in [5.74, 6) is -0.264. The Hall–Kier alpha value is -0.610. The molecule has 1 N–H and O–H groups in total. The first-order chi connectivity index (χ1) is 7.39. The van der Waals surface area contributed by atoms with Crippen molar-refractivity contribution in [3.63, 3.8) is 0 Å². The third-order valence-corrected chi connectivity index (χ3v) is 3.18. The Morgan fingerprint density at radius 1 is 1.38 bits per heavy atom. The van der Waals surface area contributed by atoms with Gasteiger partial charge in [-0.2, -0.15) is 0 Å². The molecule has 0 unspecified atom stereocenters. The Bertz CT molecular complexity index is 270. The van der Waals surface area contributed by atoms with Gasteiger partial charge in [0.25, 0.3) is 0 Å². The molecular formula is C12H21NO3. The molecular weight excluding hydrogens is 206 g/mol. The van der Waals surface area contributed by atoms with E-state index in [9.17, 15) is 4.79 Å². The average Bonchev–Trinajstić information content (AvgIpc) is 1.94. The third-order valence-electron chi connectivity index (χ3n) is 3.18. The molecule has 1 aliphatic carbocycles. The summed E-state index contributed by atoms with van der Waals surface area (Å²) in [5, 5.41) is 3.27. The van der Waals surface area contributed by atoms with Crippen LogP contribution in [0, 0.1) is 5.41 Å². The maximum absolute atomic E-state index is 11.4. The number of carbonyl (C=O) groups excluding carboxylic acids is 1. The number of ether oxygens (including phenoxy) is 2. The number of nitrogens with one attached hydrogen (secondary N) is 1. The standard InChI is InChI=1S/C12H21NO3/c1-11(2,3)16-10(14)6-15-9-4-12(5-9)7-13-8-12/h9,13H,4-8H2,1-3H3. The number of hydrogen-bond acceptors (Lipinski definition) is 4. The summed E-state index contributed by atoms with van der Waals surface area (Å²) < 4.78 is 10.7. The Labute approximate surface area is 96.7 Å². The Kier molecular flexibility index (Phi) is 2.97. The van der Waals surface area contributed by atoms with E-state index in [0.717, 1.165) is 25.9 Å². The summed E-state index contributed by atoms with van der Waals surface area (Å²) in [7, 11) is 0. The molecule has 1 saturated carbocycles. The Morgan fingerprint density at radius 3 is 2.44 bits per heavy atom. The fourth-order valence-electron chi connectivity index (χ4n) is 2.35. The Morgan fingerprint density at radius 2 is 2.00 bits per heavy atom. The SMILES string of the molecule is CC(C)(C)OC(=O)COC1CC2(CNC2)C1. The molecule has 0 aromatic rings. The second-order valence-corrected chi connectivity index (χ2v) is 6.03. The predicted molar refractivity (Wildman–Crippen MR) is 60.1 cm³/mol. The molecule has 1 spiro atoms. The van der Waals surface area contributed by atoms with E-state index in [2.05, 4.69) is 5.32 Å². The zero-order valence-electron chi connectivity index (χ0n) is 10.3. The highest BCUT2D eigenvalue weighted by atomic mass is 16.6. The van der Waals surface area contributed by atoms with Crippen LogP contribution in [-0.4, -0.2) is 37.4 Å². The molecule has 2 rings (SSSR count). The normalized spacial score (nSPS) is 23.7. The smallest absolute Gasteiger partial charge is 0.332 e. The molecule has 92 valence electrons. The number of carbonyl (C=O) groups is 1. The highest BCUT2D eigenvalue weighted by molar-refractivity contribution is 5.71. The molecule has 0 atom stereocenters. The highest BCUT2D eigenvalue weighted by Gasteiger charge is 2.49. The van der Waals surface area contributed by atoms with Crippen molar-refractivity contribution in [2.24, 2.45) is 5.41 Å². The van der Waals surface area contributed by atoms with Crippen molar-refractivity contribution in [1.82, 2.24) is 5.32 Å². The van der Waals surface area contributed by atoms with Gasteiger partial charge in [0.2, 0.25) is 0 Å². The van der Waals surface area contributed by atoms with Crippen molar-refractivity contribution in [2.45, 2.75) is 45.3 Å². The highest BCUT2D eigenvalue weighted by Crippen LogP contribution is 2.45. The van der Waals surface area contributed by atoms with E-state index in [1.165, 1.54) is 0 Å². The zero-order valence-corrected chi connectivity index (χ0v) is 10.3. The molecule has 2 fully saturated rings. The summed E-state index contributed by atoms with van der Waals surface area (Å²) in [6.45, 7) is 7.90. The number of rotatable bonds is 3. The molecule has 0 aromatic carbocycles. The first kappa shape index (κ1) is 11.9.